The Morgan fingerprint density at radius 2 is 1.69 bits per heavy atom. The summed E-state index contributed by atoms with van der Waals surface area (Å²) in [5, 5.41) is 5.83. The fourth-order valence-corrected chi connectivity index (χ4v) is 2.81. The summed E-state index contributed by atoms with van der Waals surface area (Å²) in [6.45, 7) is 1.01. The molecule has 0 unspecified atom stereocenters. The second-order valence-electron chi connectivity index (χ2n) is 6.31. The maximum absolute atomic E-state index is 12.3. The normalized spacial score (nSPS) is 11.8. The van der Waals surface area contributed by atoms with Gasteiger partial charge in [-0.05, 0) is 43.9 Å². The average molecular weight is 418 g/mol. The molecule has 2 amide bonds. The molecule has 2 aromatic carbocycles. The highest BCUT2D eigenvalue weighted by molar-refractivity contribution is 9.10. The van der Waals surface area contributed by atoms with Crippen molar-refractivity contribution in [3.8, 4) is 0 Å². The van der Waals surface area contributed by atoms with Crippen molar-refractivity contribution < 1.29 is 9.59 Å². The molecule has 0 aliphatic carbocycles. The number of nitrogens with zero attached hydrogens (tertiary/aromatic N) is 1. The minimum absolute atomic E-state index is 0.0825. The van der Waals surface area contributed by atoms with Crippen molar-refractivity contribution in [2.45, 2.75) is 12.5 Å². The second kappa shape index (κ2) is 10.1. The molecule has 0 heterocycles. The Balaban J connectivity index is 1.84. The number of hydrogen-bond donors (Lipinski definition) is 2. The monoisotopic (exact) mass is 417 g/mol. The van der Waals surface area contributed by atoms with E-state index in [1.165, 1.54) is 0 Å². The smallest absolute Gasteiger partial charge is 0.251 e. The Kier molecular flexibility index (Phi) is 7.81. The third-order valence-corrected chi connectivity index (χ3v) is 4.36. The van der Waals surface area contributed by atoms with Gasteiger partial charge in [0.15, 0.2) is 0 Å². The molecule has 0 radical (unpaired) electrons. The highest BCUT2D eigenvalue weighted by Gasteiger charge is 2.15. The number of amides is 2. The largest absolute Gasteiger partial charge is 0.352 e. The molecular weight excluding hydrogens is 394 g/mol. The topological polar surface area (TPSA) is 61.4 Å². The van der Waals surface area contributed by atoms with Crippen molar-refractivity contribution in [3.63, 3.8) is 0 Å². The predicted octanol–water partition coefficient (Wildman–Crippen LogP) is 2.99. The lowest BCUT2D eigenvalue weighted by Crippen LogP contribution is -2.37. The van der Waals surface area contributed by atoms with Crippen LogP contribution in [-0.2, 0) is 4.79 Å². The first-order valence-corrected chi connectivity index (χ1v) is 9.28. The fraction of sp³-hybridized carbons (Fsp3) is 0.300. The number of carbonyl (C=O) groups excluding carboxylic acids is 2. The lowest BCUT2D eigenvalue weighted by molar-refractivity contribution is -0.121. The Morgan fingerprint density at radius 1 is 1.04 bits per heavy atom. The minimum Gasteiger partial charge on any atom is -0.352 e. The van der Waals surface area contributed by atoms with Gasteiger partial charge in [0.1, 0.15) is 0 Å². The number of likely N-dealkylation sites (N-methyl/N-ethyl adjacent to an activating group) is 1. The lowest BCUT2D eigenvalue weighted by atomic mass is 10.1. The van der Waals surface area contributed by atoms with Crippen LogP contribution in [0.3, 0.4) is 0 Å². The van der Waals surface area contributed by atoms with Crippen LogP contribution < -0.4 is 10.6 Å². The zero-order valence-corrected chi connectivity index (χ0v) is 16.6. The van der Waals surface area contributed by atoms with E-state index < -0.39 is 0 Å². The van der Waals surface area contributed by atoms with Gasteiger partial charge in [-0.15, -0.1) is 0 Å². The van der Waals surface area contributed by atoms with Gasteiger partial charge in [-0.1, -0.05) is 46.3 Å². The first kappa shape index (κ1) is 20.1. The van der Waals surface area contributed by atoms with Crippen molar-refractivity contribution in [2.75, 3.05) is 27.2 Å². The van der Waals surface area contributed by atoms with E-state index in [9.17, 15) is 9.59 Å². The van der Waals surface area contributed by atoms with Crippen LogP contribution in [0, 0.1) is 0 Å². The van der Waals surface area contributed by atoms with Crippen LogP contribution >= 0.6 is 15.9 Å². The minimum atomic E-state index is -0.182. The van der Waals surface area contributed by atoms with Crippen LogP contribution in [-0.4, -0.2) is 43.9 Å². The summed E-state index contributed by atoms with van der Waals surface area (Å²) < 4.78 is 0.918. The Labute approximate surface area is 162 Å². The number of benzene rings is 2. The van der Waals surface area contributed by atoms with Gasteiger partial charge in [0, 0.05) is 29.5 Å². The molecule has 2 aromatic rings. The zero-order valence-electron chi connectivity index (χ0n) is 15.0. The number of rotatable bonds is 8. The molecule has 0 aliphatic heterocycles. The predicted molar refractivity (Wildman–Crippen MR) is 107 cm³/mol. The standard InChI is InChI=1S/C20H24BrN3O2/c1-24(2)14-18(15-6-4-3-5-7-15)23-19(25)12-13-22-20(26)16-8-10-17(21)11-9-16/h3-11,18H,12-14H2,1-2H3,(H,22,26)(H,23,25)/t18-/m0/s1. The Hall–Kier alpha value is -2.18. The van der Waals surface area contributed by atoms with E-state index in [1.807, 2.05) is 61.5 Å². The van der Waals surface area contributed by atoms with E-state index in [-0.39, 0.29) is 24.3 Å². The molecular formula is C20H24BrN3O2. The highest BCUT2D eigenvalue weighted by Crippen LogP contribution is 2.13. The van der Waals surface area contributed by atoms with E-state index in [4.69, 9.17) is 0 Å². The second-order valence-corrected chi connectivity index (χ2v) is 7.22. The molecule has 0 fully saturated rings. The summed E-state index contributed by atoms with van der Waals surface area (Å²) in [5.41, 5.74) is 1.64. The molecule has 26 heavy (non-hydrogen) atoms. The molecule has 0 spiro atoms. The van der Waals surface area contributed by atoms with Crippen LogP contribution in [0.4, 0.5) is 0 Å². The van der Waals surface area contributed by atoms with E-state index in [0.29, 0.717) is 18.7 Å². The first-order valence-electron chi connectivity index (χ1n) is 8.48. The van der Waals surface area contributed by atoms with E-state index in [2.05, 4.69) is 26.6 Å². The van der Waals surface area contributed by atoms with Gasteiger partial charge in [-0.25, -0.2) is 0 Å². The molecule has 138 valence electrons. The number of carbonyl (C=O) groups is 2. The number of nitrogens with one attached hydrogen (secondary N) is 2. The lowest BCUT2D eigenvalue weighted by Gasteiger charge is -2.23. The van der Waals surface area contributed by atoms with E-state index in [0.717, 1.165) is 10.0 Å². The van der Waals surface area contributed by atoms with Gasteiger partial charge in [-0.2, -0.15) is 0 Å². The van der Waals surface area contributed by atoms with Crippen molar-refractivity contribution in [1.82, 2.24) is 15.5 Å². The number of halogens is 1. The third kappa shape index (κ3) is 6.61. The van der Waals surface area contributed by atoms with Crippen molar-refractivity contribution in [2.24, 2.45) is 0 Å². The van der Waals surface area contributed by atoms with Crippen LogP contribution in [0.2, 0.25) is 0 Å². The molecule has 0 bridgehead atoms. The molecule has 6 heteroatoms. The Morgan fingerprint density at radius 3 is 2.31 bits per heavy atom. The molecule has 0 aromatic heterocycles. The molecule has 5 nitrogen and oxygen atoms in total. The van der Waals surface area contributed by atoms with Gasteiger partial charge in [0.05, 0.1) is 6.04 Å². The number of hydrogen-bond acceptors (Lipinski definition) is 3. The van der Waals surface area contributed by atoms with Crippen LogP contribution in [0.25, 0.3) is 0 Å². The zero-order chi connectivity index (χ0) is 18.9. The third-order valence-electron chi connectivity index (χ3n) is 3.83. The summed E-state index contributed by atoms with van der Waals surface area (Å²) in [6.07, 6.45) is 0.235. The van der Waals surface area contributed by atoms with Crippen LogP contribution in [0.5, 0.6) is 0 Å². The summed E-state index contributed by atoms with van der Waals surface area (Å²) in [5.74, 6) is -0.269. The maximum atomic E-state index is 12.3. The average Bonchev–Trinajstić information content (AvgIpc) is 2.62. The van der Waals surface area contributed by atoms with Crippen molar-refractivity contribution >= 4 is 27.7 Å². The van der Waals surface area contributed by atoms with Crippen molar-refractivity contribution in [3.05, 3.63) is 70.2 Å². The summed E-state index contributed by atoms with van der Waals surface area (Å²) in [4.78, 5) is 26.4. The Bertz CT molecular complexity index is 718. The van der Waals surface area contributed by atoms with E-state index >= 15 is 0 Å². The van der Waals surface area contributed by atoms with Gasteiger partial charge in [0.2, 0.25) is 5.91 Å². The van der Waals surface area contributed by atoms with Crippen LogP contribution in [0.1, 0.15) is 28.4 Å². The summed E-state index contributed by atoms with van der Waals surface area (Å²) in [7, 11) is 3.95. The van der Waals surface area contributed by atoms with Crippen LogP contribution in [0.15, 0.2) is 59.1 Å². The molecule has 0 saturated carbocycles. The first-order chi connectivity index (χ1) is 12.5. The molecule has 0 aliphatic rings. The van der Waals surface area contributed by atoms with Crippen molar-refractivity contribution in [1.29, 1.82) is 0 Å². The quantitative estimate of drug-likeness (QED) is 0.693. The fourth-order valence-electron chi connectivity index (χ4n) is 2.54. The maximum Gasteiger partial charge on any atom is 0.251 e. The van der Waals surface area contributed by atoms with Gasteiger partial charge in [-0.3, -0.25) is 9.59 Å². The van der Waals surface area contributed by atoms with Gasteiger partial charge < -0.3 is 15.5 Å². The van der Waals surface area contributed by atoms with E-state index in [1.54, 1.807) is 12.1 Å². The molecule has 0 saturated heterocycles. The van der Waals surface area contributed by atoms with Gasteiger partial charge in [0.25, 0.3) is 5.91 Å². The molecule has 1 atom stereocenters. The van der Waals surface area contributed by atoms with Gasteiger partial charge >= 0.3 is 0 Å². The molecule has 2 rings (SSSR count). The SMILES string of the molecule is CN(C)C[C@H](NC(=O)CCNC(=O)c1ccc(Br)cc1)c1ccccc1. The highest BCUT2D eigenvalue weighted by atomic mass is 79.9. The summed E-state index contributed by atoms with van der Waals surface area (Å²) in [6, 6.07) is 16.9. The molecule has 2 N–H and O–H groups in total. The summed E-state index contributed by atoms with van der Waals surface area (Å²) >= 11 is 3.34.